The third-order valence-corrected chi connectivity index (χ3v) is 4.02. The van der Waals surface area contributed by atoms with Crippen molar-refractivity contribution in [3.8, 4) is 6.07 Å². The Morgan fingerprint density at radius 3 is 1.69 bits per heavy atom. The lowest BCUT2D eigenvalue weighted by Gasteiger charge is -1.99. The van der Waals surface area contributed by atoms with Gasteiger partial charge < -0.3 is 22.3 Å². The number of carboxylic acids is 1. The molecule has 0 saturated carbocycles. The Morgan fingerprint density at radius 2 is 1.31 bits per heavy atom. The van der Waals surface area contributed by atoms with Gasteiger partial charge in [0, 0.05) is 17.1 Å². The maximum Gasteiger partial charge on any atom is 0.339 e. The number of nitrogen functional groups attached to an aromatic ring is 2. The van der Waals surface area contributed by atoms with Crippen molar-refractivity contribution >= 4 is 35.1 Å². The van der Waals surface area contributed by atoms with Crippen molar-refractivity contribution < 1.29 is 14.7 Å². The van der Waals surface area contributed by atoms with Crippen molar-refractivity contribution in [2.75, 3.05) is 11.5 Å². The number of nitrogens with zero attached hydrogens (tertiary/aromatic N) is 4. The van der Waals surface area contributed by atoms with Crippen LogP contribution in [-0.4, -0.2) is 31.9 Å². The molecule has 1 amide bonds. The van der Waals surface area contributed by atoms with Gasteiger partial charge in [-0.2, -0.15) is 5.26 Å². The lowest BCUT2D eigenvalue weighted by molar-refractivity contribution is 0.0697. The minimum Gasteiger partial charge on any atom is -0.478 e. The fourth-order valence-corrected chi connectivity index (χ4v) is 2.39. The Balaban J connectivity index is 0.000000240. The largest absolute Gasteiger partial charge is 0.478 e. The normalized spacial score (nSPS) is 9.34. The monoisotopic (exact) mass is 455 g/mol. The van der Waals surface area contributed by atoms with Crippen LogP contribution >= 0.6 is 11.6 Å². The van der Waals surface area contributed by atoms with Gasteiger partial charge in [0.1, 0.15) is 28.4 Å². The molecule has 3 heterocycles. The summed E-state index contributed by atoms with van der Waals surface area (Å²) in [5, 5.41) is 17.3. The molecule has 3 aromatic heterocycles. The maximum absolute atomic E-state index is 10.6. The standard InChI is InChI=1S/C7H5ClN2.C7H9N3O.C7H8N2O2/c1-5-2-3-6(4-9)7(8)10-5;1-4-2-3-5(7(9)11)6(8)10-4;1-4-2-3-5(7(10)11)6(8)9-4/h2-3H,1H3;2-3H,1H3,(H2,8,10)(H2,9,11);2-3H,1H3,(H2,8,9)(H,10,11). The zero-order valence-corrected chi connectivity index (χ0v) is 18.4. The highest BCUT2D eigenvalue weighted by Crippen LogP contribution is 2.11. The Bertz CT molecular complexity index is 1120. The van der Waals surface area contributed by atoms with Crippen molar-refractivity contribution in [1.82, 2.24) is 15.0 Å². The average molecular weight is 456 g/mol. The second kappa shape index (κ2) is 11.8. The number of carbonyl (C=O) groups is 2. The van der Waals surface area contributed by atoms with Gasteiger partial charge in [0.05, 0.1) is 11.1 Å². The smallest absolute Gasteiger partial charge is 0.339 e. The molecular weight excluding hydrogens is 434 g/mol. The molecule has 0 unspecified atom stereocenters. The van der Waals surface area contributed by atoms with Gasteiger partial charge in [-0.15, -0.1) is 0 Å². The second-order valence-corrected chi connectivity index (χ2v) is 6.70. The molecule has 0 aromatic carbocycles. The Labute approximate surface area is 189 Å². The number of aryl methyl sites for hydroxylation is 3. The molecule has 0 aliphatic rings. The van der Waals surface area contributed by atoms with Gasteiger partial charge in [-0.05, 0) is 57.2 Å². The third kappa shape index (κ3) is 7.89. The lowest BCUT2D eigenvalue weighted by Crippen LogP contribution is -2.14. The molecule has 11 heteroatoms. The zero-order chi connectivity index (χ0) is 24.4. The number of nitriles is 1. The number of aromatic carboxylic acids is 1. The summed E-state index contributed by atoms with van der Waals surface area (Å²) in [5.74, 6) is -1.33. The molecule has 7 N–H and O–H groups in total. The Hall–Kier alpha value is -4.23. The third-order valence-electron chi connectivity index (χ3n) is 3.73. The SMILES string of the molecule is Cc1ccc(C#N)c(Cl)n1.Cc1ccc(C(=O)O)c(N)n1.Cc1ccc(C(N)=O)c(N)n1. The number of rotatable bonds is 2. The van der Waals surface area contributed by atoms with Gasteiger partial charge in [-0.1, -0.05) is 11.6 Å². The van der Waals surface area contributed by atoms with E-state index in [0.717, 1.165) is 11.4 Å². The summed E-state index contributed by atoms with van der Waals surface area (Å²) in [6, 6.07) is 11.7. The topological polar surface area (TPSA) is 195 Å². The summed E-state index contributed by atoms with van der Waals surface area (Å²) in [5.41, 5.74) is 18.8. The van der Waals surface area contributed by atoms with E-state index in [1.54, 1.807) is 44.2 Å². The number of primary amides is 1. The number of carboxylic acid groups (broad SMARTS) is 1. The number of nitrogens with two attached hydrogens (primary N) is 3. The van der Waals surface area contributed by atoms with E-state index >= 15 is 0 Å². The quantitative estimate of drug-likeness (QED) is 0.419. The van der Waals surface area contributed by atoms with Crippen LogP contribution in [0.25, 0.3) is 0 Å². The first-order valence-electron chi connectivity index (χ1n) is 8.98. The summed E-state index contributed by atoms with van der Waals surface area (Å²) < 4.78 is 0. The molecule has 3 rings (SSSR count). The van der Waals surface area contributed by atoms with Crippen LogP contribution in [0.2, 0.25) is 5.15 Å². The first kappa shape index (κ1) is 25.8. The highest BCUT2D eigenvalue weighted by molar-refractivity contribution is 6.30. The van der Waals surface area contributed by atoms with Crippen LogP contribution in [0.5, 0.6) is 0 Å². The van der Waals surface area contributed by atoms with Crippen molar-refractivity contribution in [3.05, 3.63) is 75.3 Å². The van der Waals surface area contributed by atoms with Crippen LogP contribution in [-0.2, 0) is 0 Å². The van der Waals surface area contributed by atoms with Gasteiger partial charge >= 0.3 is 5.97 Å². The highest BCUT2D eigenvalue weighted by Gasteiger charge is 2.07. The summed E-state index contributed by atoms with van der Waals surface area (Å²) in [6.07, 6.45) is 0. The molecule has 0 fully saturated rings. The zero-order valence-electron chi connectivity index (χ0n) is 17.6. The minimum atomic E-state index is -1.05. The van der Waals surface area contributed by atoms with E-state index in [9.17, 15) is 9.59 Å². The number of aromatic nitrogens is 3. The molecule has 0 saturated heterocycles. The lowest BCUT2D eigenvalue weighted by atomic mass is 10.2. The molecule has 32 heavy (non-hydrogen) atoms. The van der Waals surface area contributed by atoms with E-state index < -0.39 is 11.9 Å². The predicted octanol–water partition coefficient (Wildman–Crippen LogP) is 2.66. The van der Waals surface area contributed by atoms with Gasteiger partial charge in [-0.3, -0.25) is 4.79 Å². The number of halogens is 1. The molecule has 0 bridgehead atoms. The molecule has 0 spiro atoms. The number of carbonyl (C=O) groups excluding carboxylic acids is 1. The summed E-state index contributed by atoms with van der Waals surface area (Å²) >= 11 is 5.60. The van der Waals surface area contributed by atoms with Crippen LogP contribution in [0, 0.1) is 32.1 Å². The van der Waals surface area contributed by atoms with E-state index in [4.69, 9.17) is 39.2 Å². The van der Waals surface area contributed by atoms with E-state index in [-0.39, 0.29) is 27.9 Å². The van der Waals surface area contributed by atoms with Crippen LogP contribution in [0.3, 0.4) is 0 Å². The average Bonchev–Trinajstić information content (AvgIpc) is 2.68. The van der Waals surface area contributed by atoms with E-state index in [2.05, 4.69) is 15.0 Å². The van der Waals surface area contributed by atoms with Crippen molar-refractivity contribution in [3.63, 3.8) is 0 Å². The minimum absolute atomic E-state index is 0.0515. The first-order valence-corrected chi connectivity index (χ1v) is 9.36. The van der Waals surface area contributed by atoms with Crippen molar-refractivity contribution in [2.24, 2.45) is 5.73 Å². The summed E-state index contributed by atoms with van der Waals surface area (Å²) in [6.45, 7) is 5.37. The maximum atomic E-state index is 10.6. The fraction of sp³-hybridized carbons (Fsp3) is 0.143. The van der Waals surface area contributed by atoms with E-state index in [1.807, 2.05) is 13.0 Å². The van der Waals surface area contributed by atoms with Gasteiger partial charge in [-0.25, -0.2) is 19.7 Å². The molecule has 10 nitrogen and oxygen atoms in total. The Morgan fingerprint density at radius 1 is 0.875 bits per heavy atom. The number of hydrogen-bond donors (Lipinski definition) is 4. The number of pyridine rings is 3. The molecule has 3 aromatic rings. The number of amides is 1. The highest BCUT2D eigenvalue weighted by atomic mass is 35.5. The Kier molecular flexibility index (Phi) is 9.54. The first-order chi connectivity index (χ1) is 15.0. The molecular formula is C21H22ClN7O3. The van der Waals surface area contributed by atoms with Crippen LogP contribution < -0.4 is 17.2 Å². The van der Waals surface area contributed by atoms with Crippen molar-refractivity contribution in [2.45, 2.75) is 20.8 Å². The van der Waals surface area contributed by atoms with E-state index in [1.165, 1.54) is 6.07 Å². The molecule has 0 radical (unpaired) electrons. The molecule has 0 aliphatic heterocycles. The molecule has 0 aliphatic carbocycles. The second-order valence-electron chi connectivity index (χ2n) is 6.34. The van der Waals surface area contributed by atoms with Crippen LogP contribution in [0.4, 0.5) is 11.6 Å². The van der Waals surface area contributed by atoms with Crippen LogP contribution in [0.15, 0.2) is 36.4 Å². The predicted molar refractivity (Wildman–Crippen MR) is 121 cm³/mol. The summed E-state index contributed by atoms with van der Waals surface area (Å²) in [7, 11) is 0. The molecule has 0 atom stereocenters. The number of hydrogen-bond acceptors (Lipinski definition) is 8. The van der Waals surface area contributed by atoms with Gasteiger partial charge in [0.2, 0.25) is 0 Å². The van der Waals surface area contributed by atoms with Crippen molar-refractivity contribution in [1.29, 1.82) is 5.26 Å². The number of anilines is 2. The van der Waals surface area contributed by atoms with Gasteiger partial charge in [0.15, 0.2) is 0 Å². The fourth-order valence-electron chi connectivity index (χ4n) is 2.15. The molecule has 166 valence electrons. The van der Waals surface area contributed by atoms with E-state index in [0.29, 0.717) is 11.3 Å². The van der Waals surface area contributed by atoms with Gasteiger partial charge in [0.25, 0.3) is 5.91 Å². The summed E-state index contributed by atoms with van der Waals surface area (Å²) in [4.78, 5) is 32.6. The van der Waals surface area contributed by atoms with Crippen LogP contribution in [0.1, 0.15) is 43.4 Å².